The summed E-state index contributed by atoms with van der Waals surface area (Å²) in [6.07, 6.45) is 2.35. The molecule has 0 aromatic heterocycles. The van der Waals surface area contributed by atoms with Gasteiger partial charge in [0.2, 0.25) is 5.91 Å². The van der Waals surface area contributed by atoms with Gasteiger partial charge in [0, 0.05) is 35.5 Å². The first kappa shape index (κ1) is 16.3. The third kappa shape index (κ3) is 5.00. The summed E-state index contributed by atoms with van der Waals surface area (Å²) in [6.45, 7) is 6.34. The van der Waals surface area contributed by atoms with Crippen LogP contribution in [-0.2, 0) is 17.8 Å². The maximum atomic E-state index is 11.9. The Morgan fingerprint density at radius 2 is 2.24 bits per heavy atom. The van der Waals surface area contributed by atoms with Gasteiger partial charge in [-0.1, -0.05) is 29.8 Å². The third-order valence-corrected chi connectivity index (χ3v) is 3.89. The number of fused-ring (bicyclic) bond motifs is 1. The minimum absolute atomic E-state index is 0.0901. The Balaban J connectivity index is 1.79. The lowest BCUT2D eigenvalue weighted by atomic mass is 10.1. The zero-order valence-corrected chi connectivity index (χ0v) is 14.3. The fourth-order valence-corrected chi connectivity index (χ4v) is 2.95. The predicted molar refractivity (Wildman–Crippen MR) is 87.6 cm³/mol. The average Bonchev–Trinajstić information content (AvgIpc) is 2.88. The number of ether oxygens (including phenoxy) is 1. The van der Waals surface area contributed by atoms with Gasteiger partial charge in [0.15, 0.2) is 0 Å². The largest absolute Gasteiger partial charge is 0.493 e. The van der Waals surface area contributed by atoms with Crippen LogP contribution in [0.5, 0.6) is 5.75 Å². The second-order valence-corrected chi connectivity index (χ2v) is 6.56. The summed E-state index contributed by atoms with van der Waals surface area (Å²) in [4.78, 5) is 11.9. The minimum atomic E-state index is 0.0901. The Morgan fingerprint density at radius 1 is 1.43 bits per heavy atom. The van der Waals surface area contributed by atoms with Crippen molar-refractivity contribution in [1.29, 1.82) is 0 Å². The van der Waals surface area contributed by atoms with Gasteiger partial charge in [-0.2, -0.15) is 0 Å². The van der Waals surface area contributed by atoms with Crippen LogP contribution in [0.15, 0.2) is 16.6 Å². The van der Waals surface area contributed by atoms with Crippen molar-refractivity contribution in [3.05, 3.63) is 27.7 Å². The van der Waals surface area contributed by atoms with Crippen LogP contribution in [0.1, 0.15) is 37.8 Å². The molecule has 1 amide bonds. The fourth-order valence-electron chi connectivity index (χ4n) is 2.40. The van der Waals surface area contributed by atoms with E-state index >= 15 is 0 Å². The number of hydrogen-bond donors (Lipinski definition) is 2. The average molecular weight is 355 g/mol. The Morgan fingerprint density at radius 3 is 3.00 bits per heavy atom. The molecule has 21 heavy (non-hydrogen) atoms. The van der Waals surface area contributed by atoms with Gasteiger partial charge in [-0.05, 0) is 30.7 Å². The molecule has 2 rings (SSSR count). The van der Waals surface area contributed by atoms with Crippen molar-refractivity contribution in [3.8, 4) is 5.75 Å². The molecule has 1 aromatic carbocycles. The van der Waals surface area contributed by atoms with E-state index in [2.05, 4.69) is 46.5 Å². The molecule has 1 aliphatic rings. The maximum Gasteiger partial charge on any atom is 0.220 e. The highest BCUT2D eigenvalue weighted by Gasteiger charge is 2.17. The van der Waals surface area contributed by atoms with Gasteiger partial charge < -0.3 is 15.4 Å². The van der Waals surface area contributed by atoms with Crippen molar-refractivity contribution < 1.29 is 9.53 Å². The number of halogens is 1. The van der Waals surface area contributed by atoms with E-state index in [1.807, 2.05) is 6.07 Å². The summed E-state index contributed by atoms with van der Waals surface area (Å²) in [7, 11) is 0. The van der Waals surface area contributed by atoms with Gasteiger partial charge in [0.1, 0.15) is 5.75 Å². The highest BCUT2D eigenvalue weighted by Crippen LogP contribution is 2.32. The molecule has 0 aliphatic carbocycles. The second kappa shape index (κ2) is 7.80. The van der Waals surface area contributed by atoms with Crippen molar-refractivity contribution in [2.24, 2.45) is 0 Å². The molecule has 0 bridgehead atoms. The molecule has 0 atom stereocenters. The molecule has 116 valence electrons. The number of carbonyl (C=O) groups excluding carboxylic acids is 1. The van der Waals surface area contributed by atoms with Crippen LogP contribution in [0.2, 0.25) is 0 Å². The Bertz CT molecular complexity index is 503. The Kier molecular flexibility index (Phi) is 6.06. The molecule has 0 unspecified atom stereocenters. The van der Waals surface area contributed by atoms with E-state index in [1.54, 1.807) is 0 Å². The monoisotopic (exact) mass is 354 g/mol. The summed E-state index contributed by atoms with van der Waals surface area (Å²) in [5.41, 5.74) is 2.26. The molecule has 0 saturated carbocycles. The first-order valence-electron chi connectivity index (χ1n) is 7.50. The summed E-state index contributed by atoms with van der Waals surface area (Å²) in [6, 6.07) is 4.57. The molecular formula is C16H23BrN2O2. The first-order chi connectivity index (χ1) is 10.1. The molecular weight excluding hydrogens is 332 g/mol. The molecule has 5 heteroatoms. The highest BCUT2D eigenvalue weighted by atomic mass is 79.9. The van der Waals surface area contributed by atoms with E-state index < -0.39 is 0 Å². The SMILES string of the molecule is CC(C)NCCCC(=O)NCc1cc(Br)cc2c1OCC2. The van der Waals surface area contributed by atoms with Crippen molar-refractivity contribution >= 4 is 21.8 Å². The van der Waals surface area contributed by atoms with Crippen molar-refractivity contribution in [2.75, 3.05) is 13.2 Å². The summed E-state index contributed by atoms with van der Waals surface area (Å²) < 4.78 is 6.70. The van der Waals surface area contributed by atoms with Crippen molar-refractivity contribution in [2.45, 2.75) is 45.7 Å². The van der Waals surface area contributed by atoms with E-state index in [4.69, 9.17) is 4.74 Å². The molecule has 0 saturated heterocycles. The zero-order chi connectivity index (χ0) is 15.2. The number of benzene rings is 1. The normalized spacial score (nSPS) is 13.1. The van der Waals surface area contributed by atoms with Crippen LogP contribution in [-0.4, -0.2) is 25.1 Å². The molecule has 0 radical (unpaired) electrons. The van der Waals surface area contributed by atoms with E-state index in [0.29, 0.717) is 19.0 Å². The lowest BCUT2D eigenvalue weighted by Crippen LogP contribution is -2.27. The quantitative estimate of drug-likeness (QED) is 0.740. The standard InChI is InChI=1S/C16H23BrN2O2/c1-11(2)18-6-3-4-15(20)19-10-13-9-14(17)8-12-5-7-21-16(12)13/h8-9,11,18H,3-7,10H2,1-2H3,(H,19,20). The fraction of sp³-hybridized carbons (Fsp3) is 0.562. The Hall–Kier alpha value is -1.07. The molecule has 0 fully saturated rings. The van der Waals surface area contributed by atoms with Gasteiger partial charge in [-0.15, -0.1) is 0 Å². The van der Waals surface area contributed by atoms with E-state index in [9.17, 15) is 4.79 Å². The smallest absolute Gasteiger partial charge is 0.220 e. The van der Waals surface area contributed by atoms with Gasteiger partial charge >= 0.3 is 0 Å². The van der Waals surface area contributed by atoms with Crippen LogP contribution < -0.4 is 15.4 Å². The van der Waals surface area contributed by atoms with Crippen molar-refractivity contribution in [3.63, 3.8) is 0 Å². The molecule has 1 aliphatic heterocycles. The summed E-state index contributed by atoms with van der Waals surface area (Å²) in [5.74, 6) is 1.03. The number of amides is 1. The molecule has 1 heterocycles. The van der Waals surface area contributed by atoms with E-state index in [1.165, 1.54) is 5.56 Å². The Labute approximate surface area is 134 Å². The molecule has 4 nitrogen and oxygen atoms in total. The number of nitrogens with one attached hydrogen (secondary N) is 2. The second-order valence-electron chi connectivity index (χ2n) is 5.64. The maximum absolute atomic E-state index is 11.9. The van der Waals surface area contributed by atoms with Crippen LogP contribution in [0, 0.1) is 0 Å². The van der Waals surface area contributed by atoms with Gasteiger partial charge in [-0.3, -0.25) is 4.79 Å². The predicted octanol–water partition coefficient (Wildman–Crippen LogP) is 2.78. The topological polar surface area (TPSA) is 50.4 Å². The zero-order valence-electron chi connectivity index (χ0n) is 12.7. The molecule has 0 spiro atoms. The first-order valence-corrected chi connectivity index (χ1v) is 8.29. The molecule has 2 N–H and O–H groups in total. The highest BCUT2D eigenvalue weighted by molar-refractivity contribution is 9.10. The third-order valence-electron chi connectivity index (χ3n) is 3.43. The minimum Gasteiger partial charge on any atom is -0.493 e. The summed E-state index contributed by atoms with van der Waals surface area (Å²) in [5, 5.41) is 6.29. The van der Waals surface area contributed by atoms with Gasteiger partial charge in [0.05, 0.1) is 6.61 Å². The van der Waals surface area contributed by atoms with E-state index in [0.717, 1.165) is 41.8 Å². The number of carbonyl (C=O) groups is 1. The summed E-state index contributed by atoms with van der Waals surface area (Å²) >= 11 is 3.51. The molecule has 1 aromatic rings. The van der Waals surface area contributed by atoms with Gasteiger partial charge in [-0.25, -0.2) is 0 Å². The lowest BCUT2D eigenvalue weighted by molar-refractivity contribution is -0.121. The van der Waals surface area contributed by atoms with Crippen LogP contribution in [0.25, 0.3) is 0 Å². The van der Waals surface area contributed by atoms with Crippen LogP contribution in [0.3, 0.4) is 0 Å². The lowest BCUT2D eigenvalue weighted by Gasteiger charge is -2.11. The number of rotatable bonds is 7. The van der Waals surface area contributed by atoms with Crippen LogP contribution >= 0.6 is 15.9 Å². The van der Waals surface area contributed by atoms with Crippen LogP contribution in [0.4, 0.5) is 0 Å². The number of hydrogen-bond acceptors (Lipinski definition) is 3. The van der Waals surface area contributed by atoms with E-state index in [-0.39, 0.29) is 5.91 Å². The van der Waals surface area contributed by atoms with Crippen molar-refractivity contribution in [1.82, 2.24) is 10.6 Å². The van der Waals surface area contributed by atoms with Gasteiger partial charge in [0.25, 0.3) is 0 Å².